The predicted molar refractivity (Wildman–Crippen MR) is 73.5 cm³/mol. The van der Waals surface area contributed by atoms with E-state index in [1.54, 1.807) is 6.07 Å². The van der Waals surface area contributed by atoms with Crippen molar-refractivity contribution in [1.82, 2.24) is 5.32 Å². The zero-order valence-electron chi connectivity index (χ0n) is 12.0. The Morgan fingerprint density at radius 1 is 1.39 bits per heavy atom. The first-order chi connectivity index (χ1) is 8.44. The highest BCUT2D eigenvalue weighted by Crippen LogP contribution is 2.33. The van der Waals surface area contributed by atoms with Crippen molar-refractivity contribution >= 4 is 0 Å². The van der Waals surface area contributed by atoms with Crippen LogP contribution in [0.2, 0.25) is 0 Å². The number of rotatable bonds is 6. The molecule has 0 saturated carbocycles. The van der Waals surface area contributed by atoms with Crippen LogP contribution in [0.1, 0.15) is 26.3 Å². The van der Waals surface area contributed by atoms with Gasteiger partial charge in [0, 0.05) is 6.54 Å². The lowest BCUT2D eigenvalue weighted by Crippen LogP contribution is -2.36. The average Bonchev–Trinajstić information content (AvgIpc) is 2.32. The first-order valence-electron chi connectivity index (χ1n) is 6.40. The molecule has 1 aromatic carbocycles. The molecule has 18 heavy (non-hydrogen) atoms. The van der Waals surface area contributed by atoms with Gasteiger partial charge in [0.2, 0.25) is 0 Å². The summed E-state index contributed by atoms with van der Waals surface area (Å²) in [6, 6.07) is 5.34. The van der Waals surface area contributed by atoms with Gasteiger partial charge in [-0.25, -0.2) is 4.39 Å². The highest BCUT2D eigenvalue weighted by molar-refractivity contribution is 5.31. The maximum atomic E-state index is 14.2. The maximum Gasteiger partial charge on any atom is 0.168 e. The van der Waals surface area contributed by atoms with Crippen LogP contribution in [-0.2, 0) is 6.42 Å². The minimum absolute atomic E-state index is 0.0297. The minimum Gasteiger partial charge on any atom is -0.494 e. The van der Waals surface area contributed by atoms with E-state index in [1.165, 1.54) is 7.11 Å². The Kier molecular flexibility index (Phi) is 5.15. The summed E-state index contributed by atoms with van der Waals surface area (Å²) in [6.45, 7) is 7.40. The number of hydrogen-bond acceptors (Lipinski definition) is 2. The van der Waals surface area contributed by atoms with Crippen LogP contribution in [0.4, 0.5) is 4.39 Å². The molecule has 0 fully saturated rings. The number of ether oxygens (including phenoxy) is 1. The molecule has 0 aromatic heterocycles. The molecule has 1 atom stereocenters. The van der Waals surface area contributed by atoms with Crippen LogP contribution in [0.15, 0.2) is 18.2 Å². The van der Waals surface area contributed by atoms with Crippen molar-refractivity contribution in [2.75, 3.05) is 20.7 Å². The monoisotopic (exact) mass is 253 g/mol. The molecule has 0 aliphatic rings. The fourth-order valence-electron chi connectivity index (χ4n) is 2.16. The van der Waals surface area contributed by atoms with E-state index >= 15 is 0 Å². The molecule has 0 saturated heterocycles. The Labute approximate surface area is 110 Å². The minimum atomic E-state index is -0.233. The normalized spacial score (nSPS) is 14.6. The third-order valence-corrected chi connectivity index (χ3v) is 3.83. The second kappa shape index (κ2) is 6.19. The smallest absolute Gasteiger partial charge is 0.168 e. The van der Waals surface area contributed by atoms with E-state index in [-0.39, 0.29) is 11.2 Å². The predicted octanol–water partition coefficient (Wildman–Crippen LogP) is 3.26. The van der Waals surface area contributed by atoms with Gasteiger partial charge in [0.25, 0.3) is 0 Å². The highest BCUT2D eigenvalue weighted by Gasteiger charge is 2.29. The van der Waals surface area contributed by atoms with Gasteiger partial charge >= 0.3 is 0 Å². The summed E-state index contributed by atoms with van der Waals surface area (Å²) in [7, 11) is 3.43. The maximum absolute atomic E-state index is 14.2. The Morgan fingerprint density at radius 3 is 2.56 bits per heavy atom. The van der Waals surface area contributed by atoms with Crippen molar-refractivity contribution in [2.45, 2.75) is 27.2 Å². The van der Waals surface area contributed by atoms with Gasteiger partial charge in [0.1, 0.15) is 0 Å². The lowest BCUT2D eigenvalue weighted by Gasteiger charge is -2.34. The van der Waals surface area contributed by atoms with Crippen LogP contribution < -0.4 is 10.1 Å². The van der Waals surface area contributed by atoms with E-state index in [2.05, 4.69) is 26.1 Å². The SMILES string of the molecule is CNCC(C)(Cc1cccc(OC)c1F)C(C)C. The van der Waals surface area contributed by atoms with Crippen LogP contribution in [0.5, 0.6) is 5.75 Å². The quantitative estimate of drug-likeness (QED) is 0.840. The third-order valence-electron chi connectivity index (χ3n) is 3.83. The lowest BCUT2D eigenvalue weighted by molar-refractivity contribution is 0.209. The molecule has 0 radical (unpaired) electrons. The molecule has 0 bridgehead atoms. The molecule has 0 aliphatic heterocycles. The molecule has 0 aliphatic carbocycles. The highest BCUT2D eigenvalue weighted by atomic mass is 19.1. The second-order valence-electron chi connectivity index (χ2n) is 5.45. The summed E-state index contributed by atoms with van der Waals surface area (Å²) < 4.78 is 19.2. The Morgan fingerprint density at radius 2 is 2.06 bits per heavy atom. The van der Waals surface area contributed by atoms with E-state index < -0.39 is 0 Å². The summed E-state index contributed by atoms with van der Waals surface area (Å²) in [5, 5.41) is 3.20. The summed E-state index contributed by atoms with van der Waals surface area (Å²) in [5.41, 5.74) is 0.753. The van der Waals surface area contributed by atoms with Crippen LogP contribution in [-0.4, -0.2) is 20.7 Å². The molecule has 0 heterocycles. The van der Waals surface area contributed by atoms with Crippen molar-refractivity contribution in [3.8, 4) is 5.75 Å². The molecule has 102 valence electrons. The zero-order chi connectivity index (χ0) is 13.8. The van der Waals surface area contributed by atoms with Gasteiger partial charge in [-0.05, 0) is 36.4 Å². The largest absolute Gasteiger partial charge is 0.494 e. The molecule has 0 spiro atoms. The lowest BCUT2D eigenvalue weighted by atomic mass is 9.74. The fourth-order valence-corrected chi connectivity index (χ4v) is 2.16. The van der Waals surface area contributed by atoms with Gasteiger partial charge in [-0.15, -0.1) is 0 Å². The molecule has 3 heteroatoms. The molecule has 1 rings (SSSR count). The van der Waals surface area contributed by atoms with Crippen molar-refractivity contribution in [3.05, 3.63) is 29.6 Å². The van der Waals surface area contributed by atoms with Crippen LogP contribution in [0, 0.1) is 17.2 Å². The number of nitrogens with one attached hydrogen (secondary N) is 1. The summed E-state index contributed by atoms with van der Waals surface area (Å²) in [4.78, 5) is 0. The van der Waals surface area contributed by atoms with E-state index in [9.17, 15) is 4.39 Å². The van der Waals surface area contributed by atoms with E-state index in [0.717, 1.165) is 12.1 Å². The van der Waals surface area contributed by atoms with Crippen molar-refractivity contribution in [2.24, 2.45) is 11.3 Å². The number of benzene rings is 1. The van der Waals surface area contributed by atoms with Gasteiger partial charge in [-0.1, -0.05) is 32.9 Å². The molecule has 1 N–H and O–H groups in total. The molecule has 1 aromatic rings. The average molecular weight is 253 g/mol. The molecule has 1 unspecified atom stereocenters. The topological polar surface area (TPSA) is 21.3 Å². The Balaban J connectivity index is 3.01. The van der Waals surface area contributed by atoms with Gasteiger partial charge in [0.15, 0.2) is 11.6 Å². The van der Waals surface area contributed by atoms with E-state index in [1.807, 2.05) is 19.2 Å². The van der Waals surface area contributed by atoms with Gasteiger partial charge < -0.3 is 10.1 Å². The number of methoxy groups -OCH3 is 1. The zero-order valence-corrected chi connectivity index (χ0v) is 12.0. The third kappa shape index (κ3) is 3.22. The summed E-state index contributed by atoms with van der Waals surface area (Å²) >= 11 is 0. The van der Waals surface area contributed by atoms with Gasteiger partial charge in [0.05, 0.1) is 7.11 Å². The number of hydrogen-bond donors (Lipinski definition) is 1. The van der Waals surface area contributed by atoms with Crippen LogP contribution in [0.3, 0.4) is 0 Å². The Bertz CT molecular complexity index is 392. The van der Waals surface area contributed by atoms with Crippen LogP contribution >= 0.6 is 0 Å². The fraction of sp³-hybridized carbons (Fsp3) is 0.600. The van der Waals surface area contributed by atoms with Crippen molar-refractivity contribution in [3.63, 3.8) is 0 Å². The Hall–Kier alpha value is -1.09. The molecular weight excluding hydrogens is 229 g/mol. The van der Waals surface area contributed by atoms with E-state index in [0.29, 0.717) is 18.1 Å². The van der Waals surface area contributed by atoms with E-state index in [4.69, 9.17) is 4.74 Å². The van der Waals surface area contributed by atoms with Crippen LogP contribution in [0.25, 0.3) is 0 Å². The molecule has 2 nitrogen and oxygen atoms in total. The van der Waals surface area contributed by atoms with Gasteiger partial charge in [-0.3, -0.25) is 0 Å². The summed E-state index contributed by atoms with van der Waals surface area (Å²) in [6.07, 6.45) is 0.703. The first kappa shape index (κ1) is 15.0. The second-order valence-corrected chi connectivity index (χ2v) is 5.45. The van der Waals surface area contributed by atoms with Crippen molar-refractivity contribution < 1.29 is 9.13 Å². The first-order valence-corrected chi connectivity index (χ1v) is 6.40. The molecule has 0 amide bonds. The van der Waals surface area contributed by atoms with Gasteiger partial charge in [-0.2, -0.15) is 0 Å². The summed E-state index contributed by atoms with van der Waals surface area (Å²) in [5.74, 6) is 0.557. The standard InChI is InChI=1S/C15H24FNO/c1-11(2)15(3,10-17-4)9-12-7-6-8-13(18-5)14(12)16/h6-8,11,17H,9-10H2,1-5H3. The molecular formula is C15H24FNO. The number of halogens is 1. The van der Waals surface area contributed by atoms with Crippen molar-refractivity contribution in [1.29, 1.82) is 0 Å².